The molecule has 1 aliphatic rings. The van der Waals surface area contributed by atoms with Gasteiger partial charge in [0, 0.05) is 17.5 Å². The molecule has 1 heterocycles. The van der Waals surface area contributed by atoms with Gasteiger partial charge in [-0.1, -0.05) is 17.2 Å². The van der Waals surface area contributed by atoms with Crippen LogP contribution in [0.5, 0.6) is 0 Å². The molecule has 3 rings (SSSR count). The first-order valence-corrected chi connectivity index (χ1v) is 7.55. The Hall–Kier alpha value is -2.21. The number of benzene rings is 1. The molecular weight excluding hydrogens is 307 g/mol. The first kappa shape index (κ1) is 15.7. The fourth-order valence-corrected chi connectivity index (χ4v) is 3.35. The lowest BCUT2D eigenvalue weighted by molar-refractivity contribution is -0.147. The summed E-state index contributed by atoms with van der Waals surface area (Å²) in [5.74, 6) is -0.566. The summed E-state index contributed by atoms with van der Waals surface area (Å²) in [6.07, 6.45) is -1.69. The number of para-hydroxylation sites is 2. The molecule has 0 saturated heterocycles. The monoisotopic (exact) mass is 323 g/mol. The molecule has 1 aliphatic carbocycles. The van der Waals surface area contributed by atoms with E-state index in [4.69, 9.17) is 5.53 Å². The van der Waals surface area contributed by atoms with Crippen molar-refractivity contribution < 1.29 is 13.2 Å². The van der Waals surface area contributed by atoms with Crippen LogP contribution >= 0.6 is 0 Å². The van der Waals surface area contributed by atoms with Gasteiger partial charge >= 0.3 is 6.18 Å². The van der Waals surface area contributed by atoms with Gasteiger partial charge in [0.05, 0.1) is 11.0 Å². The molecule has 1 aromatic carbocycles. The van der Waals surface area contributed by atoms with Crippen molar-refractivity contribution in [3.63, 3.8) is 0 Å². The molecule has 0 spiro atoms. The van der Waals surface area contributed by atoms with Crippen molar-refractivity contribution in [2.24, 2.45) is 11.0 Å². The van der Waals surface area contributed by atoms with Crippen molar-refractivity contribution in [1.82, 2.24) is 9.55 Å². The molecule has 0 bridgehead atoms. The largest absolute Gasteiger partial charge is 0.449 e. The van der Waals surface area contributed by atoms with Gasteiger partial charge in [-0.15, -0.1) is 0 Å². The zero-order chi connectivity index (χ0) is 16.4. The summed E-state index contributed by atoms with van der Waals surface area (Å²) in [4.78, 5) is 6.55. The number of alkyl halides is 3. The van der Waals surface area contributed by atoms with Crippen LogP contribution in [0.1, 0.15) is 37.5 Å². The van der Waals surface area contributed by atoms with Crippen LogP contribution in [-0.2, 0) is 6.18 Å². The number of hydrogen-bond donors (Lipinski definition) is 0. The summed E-state index contributed by atoms with van der Waals surface area (Å²) in [7, 11) is 0. The average Bonchev–Trinajstić information content (AvgIpc) is 2.93. The lowest BCUT2D eigenvalue weighted by Crippen LogP contribution is -2.24. The van der Waals surface area contributed by atoms with Gasteiger partial charge in [0.1, 0.15) is 0 Å². The van der Waals surface area contributed by atoms with Crippen LogP contribution in [0.15, 0.2) is 29.4 Å². The van der Waals surface area contributed by atoms with Crippen LogP contribution in [-0.4, -0.2) is 16.1 Å². The van der Waals surface area contributed by atoms with E-state index in [1.54, 1.807) is 24.3 Å². The second kappa shape index (κ2) is 6.12. The van der Waals surface area contributed by atoms with Crippen molar-refractivity contribution in [1.29, 1.82) is 0 Å². The molecule has 0 unspecified atom stereocenters. The number of nitrogens with zero attached hydrogens (tertiary/aromatic N) is 5. The molecular formula is C15H16F3N5. The quantitative estimate of drug-likeness (QED) is 0.440. The number of fused-ring (bicyclic) bond motifs is 1. The van der Waals surface area contributed by atoms with Gasteiger partial charge < -0.3 is 4.57 Å². The van der Waals surface area contributed by atoms with E-state index in [1.807, 2.05) is 0 Å². The fraction of sp³-hybridized carbons (Fsp3) is 0.533. The highest BCUT2D eigenvalue weighted by Gasteiger charge is 2.39. The van der Waals surface area contributed by atoms with Crippen LogP contribution in [0, 0.1) is 5.92 Å². The molecule has 2 aromatic rings. The Kier molecular flexibility index (Phi) is 4.17. The predicted octanol–water partition coefficient (Wildman–Crippen LogP) is 5.10. The van der Waals surface area contributed by atoms with Crippen LogP contribution in [0.2, 0.25) is 0 Å². The molecule has 0 N–H and O–H groups in total. The predicted molar refractivity (Wildman–Crippen MR) is 79.7 cm³/mol. The maximum Gasteiger partial charge on any atom is 0.449 e. The molecule has 1 saturated carbocycles. The van der Waals surface area contributed by atoms with Crippen molar-refractivity contribution in [2.75, 3.05) is 6.54 Å². The summed E-state index contributed by atoms with van der Waals surface area (Å²) in [5, 5.41) is 3.57. The van der Waals surface area contributed by atoms with Crippen molar-refractivity contribution in [3.05, 3.63) is 40.5 Å². The topological polar surface area (TPSA) is 66.6 Å². The van der Waals surface area contributed by atoms with Gasteiger partial charge in [-0.3, -0.25) is 0 Å². The van der Waals surface area contributed by atoms with Crippen LogP contribution in [0.25, 0.3) is 21.5 Å². The van der Waals surface area contributed by atoms with Crippen molar-refractivity contribution >= 4 is 11.0 Å². The van der Waals surface area contributed by atoms with E-state index in [0.717, 1.165) is 12.8 Å². The highest BCUT2D eigenvalue weighted by molar-refractivity contribution is 5.76. The Morgan fingerprint density at radius 2 is 1.91 bits per heavy atom. The number of azide groups is 1. The van der Waals surface area contributed by atoms with Crippen molar-refractivity contribution in [3.8, 4) is 0 Å². The number of imidazole rings is 1. The fourth-order valence-electron chi connectivity index (χ4n) is 3.35. The smallest absolute Gasteiger partial charge is 0.317 e. The third-order valence-electron chi connectivity index (χ3n) is 4.43. The van der Waals surface area contributed by atoms with E-state index in [9.17, 15) is 13.2 Å². The summed E-state index contributed by atoms with van der Waals surface area (Å²) in [5.41, 5.74) is 9.26. The third-order valence-corrected chi connectivity index (χ3v) is 4.43. The molecule has 23 heavy (non-hydrogen) atoms. The Morgan fingerprint density at radius 1 is 1.22 bits per heavy atom. The number of hydrogen-bond acceptors (Lipinski definition) is 2. The van der Waals surface area contributed by atoms with Crippen LogP contribution in [0.4, 0.5) is 13.2 Å². The SMILES string of the molecule is [N-]=[N+]=NCC1CCC(n2c(C(F)(F)F)nc3ccccc32)CC1. The van der Waals surface area contributed by atoms with Gasteiger partial charge in [-0.25, -0.2) is 4.98 Å². The van der Waals surface area contributed by atoms with Gasteiger partial charge in [-0.05, 0) is 49.3 Å². The maximum absolute atomic E-state index is 13.3. The Labute approximate surface area is 130 Å². The van der Waals surface area contributed by atoms with Gasteiger partial charge in [0.25, 0.3) is 0 Å². The number of rotatable bonds is 3. The minimum Gasteiger partial charge on any atom is -0.317 e. The molecule has 5 nitrogen and oxygen atoms in total. The van der Waals surface area contributed by atoms with E-state index in [0.29, 0.717) is 30.4 Å². The second-order valence-corrected chi connectivity index (χ2v) is 5.88. The van der Waals surface area contributed by atoms with Gasteiger partial charge in [-0.2, -0.15) is 13.2 Å². The molecule has 0 aliphatic heterocycles. The lowest BCUT2D eigenvalue weighted by atomic mass is 9.86. The zero-order valence-electron chi connectivity index (χ0n) is 12.4. The second-order valence-electron chi connectivity index (χ2n) is 5.88. The Bertz CT molecular complexity index is 737. The highest BCUT2D eigenvalue weighted by Crippen LogP contribution is 2.39. The lowest BCUT2D eigenvalue weighted by Gasteiger charge is -2.30. The number of halogens is 3. The maximum atomic E-state index is 13.3. The van der Waals surface area contributed by atoms with Gasteiger partial charge in [0.2, 0.25) is 5.82 Å². The molecule has 0 radical (unpaired) electrons. The minimum absolute atomic E-state index is 0.221. The standard InChI is InChI=1S/C15H16F3N5/c16-15(17,18)14-21-12-3-1-2-4-13(12)23(14)11-7-5-10(6-8-11)9-20-22-19/h1-4,10-11H,5-9H2. The molecule has 0 amide bonds. The van der Waals surface area contributed by atoms with Crippen LogP contribution < -0.4 is 0 Å². The van der Waals surface area contributed by atoms with E-state index in [2.05, 4.69) is 15.0 Å². The first-order valence-electron chi connectivity index (χ1n) is 7.55. The van der Waals surface area contributed by atoms with E-state index < -0.39 is 12.0 Å². The molecule has 1 fully saturated rings. The van der Waals surface area contributed by atoms with E-state index >= 15 is 0 Å². The zero-order valence-corrected chi connectivity index (χ0v) is 12.4. The Balaban J connectivity index is 1.92. The van der Waals surface area contributed by atoms with Crippen LogP contribution in [0.3, 0.4) is 0 Å². The summed E-state index contributed by atoms with van der Waals surface area (Å²) in [6, 6.07) is 6.49. The molecule has 0 atom stereocenters. The average molecular weight is 323 g/mol. The molecule has 1 aromatic heterocycles. The highest BCUT2D eigenvalue weighted by atomic mass is 19.4. The Morgan fingerprint density at radius 3 is 2.57 bits per heavy atom. The normalized spacial score (nSPS) is 22.0. The summed E-state index contributed by atoms with van der Waals surface area (Å²) >= 11 is 0. The molecule has 122 valence electrons. The summed E-state index contributed by atoms with van der Waals surface area (Å²) < 4.78 is 41.4. The first-order chi connectivity index (χ1) is 11.0. The summed E-state index contributed by atoms with van der Waals surface area (Å²) in [6.45, 7) is 0.417. The third kappa shape index (κ3) is 3.12. The number of aromatic nitrogens is 2. The minimum atomic E-state index is -4.47. The molecule has 8 heteroatoms. The van der Waals surface area contributed by atoms with Gasteiger partial charge in [0.15, 0.2) is 0 Å². The van der Waals surface area contributed by atoms with E-state index in [-0.39, 0.29) is 12.0 Å². The van der Waals surface area contributed by atoms with E-state index in [1.165, 1.54) is 4.57 Å². The van der Waals surface area contributed by atoms with Crippen molar-refractivity contribution in [2.45, 2.75) is 37.9 Å².